The zero-order valence-corrected chi connectivity index (χ0v) is 11.1. The fraction of sp³-hybridized carbons (Fsp3) is 0.846. The van der Waals surface area contributed by atoms with Gasteiger partial charge in [0.05, 0.1) is 0 Å². The summed E-state index contributed by atoms with van der Waals surface area (Å²) in [6, 6.07) is 0.352. The quantitative estimate of drug-likeness (QED) is 0.831. The van der Waals surface area contributed by atoms with Gasteiger partial charge in [-0.15, -0.1) is 0 Å². The summed E-state index contributed by atoms with van der Waals surface area (Å²) in [5.74, 6) is -0.488. The molecule has 1 aliphatic heterocycles. The number of rotatable bonds is 4. The molecular weight excluding hydrogens is 232 g/mol. The topological polar surface area (TPSA) is 60.9 Å². The maximum Gasteiger partial charge on any atom is 0.323 e. The van der Waals surface area contributed by atoms with Gasteiger partial charge in [0.2, 0.25) is 0 Å². The van der Waals surface area contributed by atoms with Crippen LogP contribution in [0.4, 0.5) is 4.79 Å². The number of carbonyl (C=O) groups is 2. The smallest absolute Gasteiger partial charge is 0.323 e. The van der Waals surface area contributed by atoms with Crippen LogP contribution in [0, 0.1) is 5.92 Å². The molecule has 0 radical (unpaired) electrons. The van der Waals surface area contributed by atoms with Crippen molar-refractivity contribution < 1.29 is 14.7 Å². The van der Waals surface area contributed by atoms with Crippen LogP contribution in [0.1, 0.15) is 39.5 Å². The molecule has 2 fully saturated rings. The minimum atomic E-state index is -0.921. The number of urea groups is 1. The summed E-state index contributed by atoms with van der Waals surface area (Å²) in [5.41, 5.74) is 0. The van der Waals surface area contributed by atoms with Crippen LogP contribution in [0.25, 0.3) is 0 Å². The zero-order chi connectivity index (χ0) is 13.3. The van der Waals surface area contributed by atoms with Crippen LogP contribution >= 0.6 is 0 Å². The summed E-state index contributed by atoms with van der Waals surface area (Å²) >= 11 is 0. The Morgan fingerprint density at radius 1 is 1.33 bits per heavy atom. The lowest BCUT2D eigenvalue weighted by Crippen LogP contribution is -2.49. The molecule has 18 heavy (non-hydrogen) atoms. The lowest BCUT2D eigenvalue weighted by molar-refractivity contribution is -0.137. The summed E-state index contributed by atoms with van der Waals surface area (Å²) in [5, 5.41) is 8.91. The molecule has 0 aromatic rings. The number of aliphatic carboxylic acids is 1. The summed E-state index contributed by atoms with van der Waals surface area (Å²) < 4.78 is 0. The van der Waals surface area contributed by atoms with Gasteiger partial charge in [-0.05, 0) is 31.6 Å². The van der Waals surface area contributed by atoms with E-state index < -0.39 is 5.97 Å². The van der Waals surface area contributed by atoms with Gasteiger partial charge in [0, 0.05) is 18.6 Å². The van der Waals surface area contributed by atoms with E-state index in [2.05, 4.69) is 13.8 Å². The van der Waals surface area contributed by atoms with E-state index in [1.807, 2.05) is 4.90 Å². The Bertz CT molecular complexity index is 339. The second-order valence-electron chi connectivity index (χ2n) is 5.68. The number of hydrogen-bond acceptors (Lipinski definition) is 2. The maximum absolute atomic E-state index is 12.5. The highest BCUT2D eigenvalue weighted by atomic mass is 16.4. The Balaban J connectivity index is 2.05. The summed E-state index contributed by atoms with van der Waals surface area (Å²) in [6.45, 7) is 4.85. The van der Waals surface area contributed by atoms with Gasteiger partial charge in [-0.25, -0.2) is 4.79 Å². The van der Waals surface area contributed by atoms with E-state index in [9.17, 15) is 9.59 Å². The second kappa shape index (κ2) is 5.16. The number of amides is 2. The summed E-state index contributed by atoms with van der Waals surface area (Å²) in [7, 11) is 0. The minimum absolute atomic E-state index is 0.0731. The first-order valence-corrected chi connectivity index (χ1v) is 6.79. The predicted octanol–water partition coefficient (Wildman–Crippen LogP) is 1.78. The van der Waals surface area contributed by atoms with E-state index in [4.69, 9.17) is 5.11 Å². The fourth-order valence-electron chi connectivity index (χ4n) is 2.77. The van der Waals surface area contributed by atoms with Crippen molar-refractivity contribution >= 4 is 12.0 Å². The number of carboxylic acids is 1. The van der Waals surface area contributed by atoms with Crippen LogP contribution in [-0.4, -0.2) is 52.1 Å². The second-order valence-corrected chi connectivity index (χ2v) is 5.68. The number of nitrogens with zero attached hydrogens (tertiary/aromatic N) is 2. The molecule has 0 spiro atoms. The highest BCUT2D eigenvalue weighted by Gasteiger charge is 2.39. The molecule has 1 saturated carbocycles. The van der Waals surface area contributed by atoms with Gasteiger partial charge >= 0.3 is 12.0 Å². The first kappa shape index (κ1) is 13.2. The summed E-state index contributed by atoms with van der Waals surface area (Å²) in [6.07, 6.45) is 3.95. The van der Waals surface area contributed by atoms with Crippen LogP contribution in [0.15, 0.2) is 0 Å². The Labute approximate surface area is 108 Å². The number of likely N-dealkylation sites (tertiary alicyclic amines) is 1. The van der Waals surface area contributed by atoms with Crippen molar-refractivity contribution in [3.05, 3.63) is 0 Å². The maximum atomic E-state index is 12.5. The third kappa shape index (κ3) is 2.76. The molecule has 0 aromatic heterocycles. The Morgan fingerprint density at radius 3 is 2.50 bits per heavy atom. The van der Waals surface area contributed by atoms with Crippen LogP contribution in [0.2, 0.25) is 0 Å². The highest BCUT2D eigenvalue weighted by Crippen LogP contribution is 2.31. The SMILES string of the molecule is CC(C)C1CCCN1C(=O)N(CC(=O)O)C1CC1. The van der Waals surface area contributed by atoms with Crippen molar-refractivity contribution in [3.63, 3.8) is 0 Å². The van der Waals surface area contributed by atoms with Gasteiger partial charge in [0.1, 0.15) is 6.54 Å². The van der Waals surface area contributed by atoms with E-state index in [1.165, 1.54) is 0 Å². The van der Waals surface area contributed by atoms with Gasteiger partial charge in [0.25, 0.3) is 0 Å². The van der Waals surface area contributed by atoms with Crippen molar-refractivity contribution in [1.29, 1.82) is 0 Å². The predicted molar refractivity (Wildman–Crippen MR) is 67.3 cm³/mol. The van der Waals surface area contributed by atoms with E-state index in [-0.39, 0.29) is 24.7 Å². The monoisotopic (exact) mass is 254 g/mol. The Hall–Kier alpha value is -1.26. The van der Waals surface area contributed by atoms with Crippen molar-refractivity contribution in [3.8, 4) is 0 Å². The van der Waals surface area contributed by atoms with Crippen molar-refractivity contribution in [1.82, 2.24) is 9.80 Å². The zero-order valence-electron chi connectivity index (χ0n) is 11.1. The molecule has 2 rings (SSSR count). The van der Waals surface area contributed by atoms with Gasteiger partial charge in [-0.3, -0.25) is 4.79 Å². The van der Waals surface area contributed by atoms with Crippen molar-refractivity contribution in [2.75, 3.05) is 13.1 Å². The van der Waals surface area contributed by atoms with Gasteiger partial charge in [0.15, 0.2) is 0 Å². The molecule has 2 amide bonds. The molecule has 5 heteroatoms. The van der Waals surface area contributed by atoms with Crippen molar-refractivity contribution in [2.45, 2.75) is 51.6 Å². The number of carbonyl (C=O) groups excluding carboxylic acids is 1. The molecule has 1 atom stereocenters. The van der Waals surface area contributed by atoms with Crippen LogP contribution < -0.4 is 0 Å². The molecule has 1 heterocycles. The average molecular weight is 254 g/mol. The largest absolute Gasteiger partial charge is 0.480 e. The standard InChI is InChI=1S/C13H22N2O3/c1-9(2)11-4-3-7-14(11)13(18)15(8-12(16)17)10-5-6-10/h9-11H,3-8H2,1-2H3,(H,16,17). The Morgan fingerprint density at radius 2 is 2.00 bits per heavy atom. The van der Waals surface area contributed by atoms with E-state index in [1.54, 1.807) is 4.90 Å². The molecule has 0 bridgehead atoms. The summed E-state index contributed by atoms with van der Waals surface area (Å²) in [4.78, 5) is 26.8. The highest BCUT2D eigenvalue weighted by molar-refractivity contribution is 5.81. The molecule has 1 unspecified atom stereocenters. The molecule has 1 aliphatic carbocycles. The number of hydrogen-bond donors (Lipinski definition) is 1. The van der Waals surface area contributed by atoms with Crippen LogP contribution in [0.3, 0.4) is 0 Å². The van der Waals surface area contributed by atoms with Gasteiger partial charge in [-0.2, -0.15) is 0 Å². The third-order valence-electron chi connectivity index (χ3n) is 3.85. The Kier molecular flexibility index (Phi) is 3.78. The normalized spacial score (nSPS) is 23.5. The molecule has 1 N–H and O–H groups in total. The minimum Gasteiger partial charge on any atom is -0.480 e. The van der Waals surface area contributed by atoms with Crippen LogP contribution in [0.5, 0.6) is 0 Å². The molecule has 5 nitrogen and oxygen atoms in total. The van der Waals surface area contributed by atoms with E-state index in [0.717, 1.165) is 32.2 Å². The molecule has 0 aromatic carbocycles. The molecule has 1 saturated heterocycles. The molecule has 102 valence electrons. The van der Waals surface area contributed by atoms with E-state index >= 15 is 0 Å². The first-order chi connectivity index (χ1) is 8.50. The van der Waals surface area contributed by atoms with Gasteiger partial charge in [-0.1, -0.05) is 13.8 Å². The fourth-order valence-corrected chi connectivity index (χ4v) is 2.77. The lowest BCUT2D eigenvalue weighted by atomic mass is 10.0. The lowest BCUT2D eigenvalue weighted by Gasteiger charge is -2.33. The number of carboxylic acid groups (broad SMARTS) is 1. The van der Waals surface area contributed by atoms with Crippen LogP contribution in [-0.2, 0) is 4.79 Å². The van der Waals surface area contributed by atoms with Crippen molar-refractivity contribution in [2.24, 2.45) is 5.92 Å². The van der Waals surface area contributed by atoms with Gasteiger partial charge < -0.3 is 14.9 Å². The average Bonchev–Trinajstić information content (AvgIpc) is 3.00. The van der Waals surface area contributed by atoms with E-state index in [0.29, 0.717) is 5.92 Å². The molecule has 2 aliphatic rings. The molecular formula is C13H22N2O3. The first-order valence-electron chi connectivity index (χ1n) is 6.79. The third-order valence-corrected chi connectivity index (χ3v) is 3.85.